The molecule has 6 rings (SSSR count). The zero-order valence-corrected chi connectivity index (χ0v) is 20.4. The molecule has 0 saturated carbocycles. The van der Waals surface area contributed by atoms with E-state index in [1.165, 1.54) is 21.9 Å². The summed E-state index contributed by atoms with van der Waals surface area (Å²) in [5.74, 6) is 0. The molecule has 0 saturated heterocycles. The summed E-state index contributed by atoms with van der Waals surface area (Å²) >= 11 is 0. The molecule has 0 aliphatic carbocycles. The van der Waals surface area contributed by atoms with E-state index in [0.29, 0.717) is 0 Å². The Labute approximate surface area is 208 Å². The fourth-order valence-corrected chi connectivity index (χ4v) is 3.80. The van der Waals surface area contributed by atoms with Crippen molar-refractivity contribution >= 4 is 21.8 Å². The van der Waals surface area contributed by atoms with Crippen molar-refractivity contribution in [3.05, 3.63) is 133 Å². The van der Waals surface area contributed by atoms with Crippen molar-refractivity contribution in [1.29, 1.82) is 0 Å². The summed E-state index contributed by atoms with van der Waals surface area (Å²) in [6.07, 6.45) is 1.79. The van der Waals surface area contributed by atoms with Gasteiger partial charge in [-0.2, -0.15) is 48.5 Å². The van der Waals surface area contributed by atoms with Crippen LogP contribution in [0.1, 0.15) is 5.56 Å². The van der Waals surface area contributed by atoms with Crippen molar-refractivity contribution in [1.82, 2.24) is 9.55 Å². The molecule has 4 aromatic carbocycles. The van der Waals surface area contributed by atoms with Crippen LogP contribution in [-0.2, 0) is 21.1 Å². The number of fused-ring (bicyclic) bond motifs is 3. The fourth-order valence-electron chi connectivity index (χ4n) is 3.80. The van der Waals surface area contributed by atoms with Crippen molar-refractivity contribution in [2.45, 2.75) is 6.92 Å². The number of aryl methyl sites for hydroxylation is 1. The Morgan fingerprint density at radius 3 is 2.24 bits per heavy atom. The number of benzene rings is 4. The Hall–Kier alpha value is -3.48. The first-order valence-corrected chi connectivity index (χ1v) is 10.6. The summed E-state index contributed by atoms with van der Waals surface area (Å²) < 4.78 is 2.21. The van der Waals surface area contributed by atoms with Gasteiger partial charge in [-0.15, -0.1) is 46.8 Å². The van der Waals surface area contributed by atoms with E-state index >= 15 is 0 Å². The van der Waals surface area contributed by atoms with E-state index in [9.17, 15) is 0 Å². The molecule has 0 aliphatic heterocycles. The third-order valence-electron chi connectivity index (χ3n) is 5.34. The van der Waals surface area contributed by atoms with Crippen LogP contribution in [0.25, 0.3) is 38.8 Å². The Kier molecular flexibility index (Phi) is 7.17. The molecule has 2 nitrogen and oxygen atoms in total. The fraction of sp³-hybridized carbons (Fsp3) is 0.0333. The van der Waals surface area contributed by atoms with Gasteiger partial charge in [0.05, 0.1) is 0 Å². The minimum absolute atomic E-state index is 0. The average Bonchev–Trinajstić information content (AvgIpc) is 3.21. The van der Waals surface area contributed by atoms with Gasteiger partial charge in [0.25, 0.3) is 0 Å². The minimum Gasteiger partial charge on any atom is -0.358 e. The van der Waals surface area contributed by atoms with Crippen LogP contribution in [0.4, 0.5) is 0 Å². The summed E-state index contributed by atoms with van der Waals surface area (Å²) in [5.41, 5.74) is 6.60. The largest absolute Gasteiger partial charge is 0.358 e. The van der Waals surface area contributed by atoms with Gasteiger partial charge in [0.2, 0.25) is 0 Å². The Bertz CT molecular complexity index is 1400. The van der Waals surface area contributed by atoms with Gasteiger partial charge in [0.15, 0.2) is 0 Å². The predicted octanol–water partition coefficient (Wildman–Crippen LogP) is 7.24. The van der Waals surface area contributed by atoms with Gasteiger partial charge >= 0.3 is 0 Å². The summed E-state index contributed by atoms with van der Waals surface area (Å²) in [6, 6.07) is 44.4. The van der Waals surface area contributed by atoms with E-state index in [2.05, 4.69) is 77.1 Å². The quantitative estimate of drug-likeness (QED) is 0.191. The number of hydrogen-bond acceptors (Lipinski definition) is 1. The molecule has 0 aliphatic rings. The van der Waals surface area contributed by atoms with Gasteiger partial charge in [-0.25, -0.2) is 0 Å². The molecule has 33 heavy (non-hydrogen) atoms. The molecule has 2 heterocycles. The van der Waals surface area contributed by atoms with Crippen LogP contribution in [-0.4, -0.2) is 9.55 Å². The van der Waals surface area contributed by atoms with Crippen molar-refractivity contribution < 1.29 is 21.1 Å². The minimum atomic E-state index is 0. The topological polar surface area (TPSA) is 17.8 Å². The van der Waals surface area contributed by atoms with E-state index in [1.54, 1.807) is 6.20 Å². The number of hydrogen-bond donors (Lipinski definition) is 0. The van der Waals surface area contributed by atoms with Crippen LogP contribution in [0.15, 0.2) is 109 Å². The summed E-state index contributed by atoms with van der Waals surface area (Å²) in [7, 11) is 0. The molecule has 0 unspecified atom stereocenters. The SMILES string of the molecule is Cc1c[c-]c(-c2ccccn2)cc1.[Pt].[c-]1ccccc1-n1c2[c-]cccc2c2ccccc21. The smallest absolute Gasteiger partial charge is 0.0375 e. The van der Waals surface area contributed by atoms with E-state index in [-0.39, 0.29) is 21.1 Å². The van der Waals surface area contributed by atoms with Gasteiger partial charge in [-0.05, 0) is 23.2 Å². The van der Waals surface area contributed by atoms with Gasteiger partial charge in [0.1, 0.15) is 0 Å². The number of nitrogens with zero attached hydrogens (tertiary/aromatic N) is 2. The second-order valence-electron chi connectivity index (χ2n) is 7.53. The number of rotatable bonds is 2. The van der Waals surface area contributed by atoms with E-state index < -0.39 is 0 Å². The molecule has 3 heteroatoms. The molecule has 0 bridgehead atoms. The zero-order valence-electron chi connectivity index (χ0n) is 18.1. The third kappa shape index (κ3) is 4.82. The number of para-hydroxylation sites is 3. The van der Waals surface area contributed by atoms with Crippen molar-refractivity contribution in [2.24, 2.45) is 0 Å². The molecule has 0 radical (unpaired) electrons. The molecule has 6 aromatic rings. The molecule has 0 amide bonds. The second kappa shape index (κ2) is 10.4. The first kappa shape index (κ1) is 22.7. The number of pyridine rings is 1. The maximum Gasteiger partial charge on any atom is 0.0375 e. The average molecular weight is 605 g/mol. The van der Waals surface area contributed by atoms with Crippen molar-refractivity contribution in [2.75, 3.05) is 0 Å². The zero-order chi connectivity index (χ0) is 21.8. The molecule has 2 aromatic heterocycles. The molecule has 0 atom stereocenters. The summed E-state index contributed by atoms with van der Waals surface area (Å²) in [6.45, 7) is 2.05. The number of aromatic nitrogens is 2. The third-order valence-corrected chi connectivity index (χ3v) is 5.34. The van der Waals surface area contributed by atoms with Gasteiger partial charge < -0.3 is 9.55 Å². The Balaban J connectivity index is 0.000000164. The van der Waals surface area contributed by atoms with Crippen LogP contribution >= 0.6 is 0 Å². The Morgan fingerprint density at radius 2 is 1.48 bits per heavy atom. The second-order valence-corrected chi connectivity index (χ2v) is 7.53. The van der Waals surface area contributed by atoms with Crippen LogP contribution in [0.3, 0.4) is 0 Å². The van der Waals surface area contributed by atoms with E-state index in [0.717, 1.165) is 22.5 Å². The van der Waals surface area contributed by atoms with Crippen LogP contribution in [0.5, 0.6) is 0 Å². The molecule has 0 fully saturated rings. The van der Waals surface area contributed by atoms with Gasteiger partial charge in [-0.3, -0.25) is 0 Å². The molecular weight excluding hydrogens is 583 g/mol. The van der Waals surface area contributed by atoms with Crippen LogP contribution < -0.4 is 0 Å². The first-order valence-electron chi connectivity index (χ1n) is 10.6. The first-order chi connectivity index (χ1) is 15.8. The Morgan fingerprint density at radius 1 is 0.697 bits per heavy atom. The van der Waals surface area contributed by atoms with E-state index in [4.69, 9.17) is 0 Å². The molecule has 0 N–H and O–H groups in total. The molecule has 0 spiro atoms. The van der Waals surface area contributed by atoms with Crippen LogP contribution in [0.2, 0.25) is 0 Å². The maximum absolute atomic E-state index is 4.25. The standard InChI is InChI=1S/C18H11N.C12H10N.Pt/c1-2-8-14(9-3-1)19-17-12-6-4-10-15(17)16-11-5-7-13-18(16)19;1-10-5-7-11(8-6-10)12-4-2-3-9-13-12;/h1-8,10-12H;2-7,9H,1H3;/q-2;-1;. The summed E-state index contributed by atoms with van der Waals surface area (Å²) in [5, 5.41) is 2.49. The van der Waals surface area contributed by atoms with Gasteiger partial charge in [-0.1, -0.05) is 48.5 Å². The normalized spacial score (nSPS) is 10.3. The molecular formula is C30H21N2Pt-3. The van der Waals surface area contributed by atoms with E-state index in [1.807, 2.05) is 60.7 Å². The van der Waals surface area contributed by atoms with Crippen molar-refractivity contribution in [3.8, 4) is 16.9 Å². The van der Waals surface area contributed by atoms with Crippen LogP contribution in [0, 0.1) is 25.1 Å². The molecule has 164 valence electrons. The summed E-state index contributed by atoms with van der Waals surface area (Å²) in [4.78, 5) is 4.25. The predicted molar refractivity (Wildman–Crippen MR) is 132 cm³/mol. The monoisotopic (exact) mass is 604 g/mol. The maximum atomic E-state index is 4.25. The van der Waals surface area contributed by atoms with Gasteiger partial charge in [0, 0.05) is 32.8 Å². The van der Waals surface area contributed by atoms with Crippen molar-refractivity contribution in [3.63, 3.8) is 0 Å².